The Morgan fingerprint density at radius 2 is 1.84 bits per heavy atom. The van der Waals surface area contributed by atoms with Crippen LogP contribution in [0, 0.1) is 6.92 Å². The SMILES string of the molecule is Cc1cc(-c2ncnn2C=O)nc(S(=O)(=O)Nc2c(Cl)cccc2-c2ccccc2)n1. The van der Waals surface area contributed by atoms with Gasteiger partial charge in [-0.2, -0.15) is 18.2 Å². The molecule has 1 N–H and O–H groups in total. The van der Waals surface area contributed by atoms with Crippen LogP contribution < -0.4 is 4.72 Å². The molecule has 9 nitrogen and oxygen atoms in total. The summed E-state index contributed by atoms with van der Waals surface area (Å²) in [4.78, 5) is 23.3. The number of sulfonamides is 1. The van der Waals surface area contributed by atoms with Gasteiger partial charge in [0.1, 0.15) is 12.0 Å². The Balaban J connectivity index is 1.79. The number of benzene rings is 2. The first-order chi connectivity index (χ1) is 14.9. The number of aromatic nitrogens is 5. The number of hydrogen-bond acceptors (Lipinski definition) is 7. The van der Waals surface area contributed by atoms with Crippen molar-refractivity contribution in [1.82, 2.24) is 24.7 Å². The molecule has 0 radical (unpaired) electrons. The van der Waals surface area contributed by atoms with Gasteiger partial charge < -0.3 is 0 Å². The van der Waals surface area contributed by atoms with Crippen LogP contribution in [0.2, 0.25) is 5.02 Å². The highest BCUT2D eigenvalue weighted by Gasteiger charge is 2.24. The number of hydrogen-bond donors (Lipinski definition) is 1. The number of nitrogens with zero attached hydrogens (tertiary/aromatic N) is 5. The summed E-state index contributed by atoms with van der Waals surface area (Å²) in [5, 5.41) is 3.49. The van der Waals surface area contributed by atoms with Crippen LogP contribution in [0.1, 0.15) is 5.69 Å². The number of halogens is 1. The van der Waals surface area contributed by atoms with Crippen LogP contribution in [0.5, 0.6) is 0 Å². The number of anilines is 1. The summed E-state index contributed by atoms with van der Waals surface area (Å²) in [7, 11) is -4.22. The second-order valence-corrected chi connectivity index (χ2v) is 8.43. The largest absolute Gasteiger partial charge is 0.297 e. The molecule has 0 unspecified atom stereocenters. The zero-order valence-electron chi connectivity index (χ0n) is 16.1. The van der Waals surface area contributed by atoms with Crippen molar-refractivity contribution in [1.29, 1.82) is 0 Å². The zero-order chi connectivity index (χ0) is 22.0. The summed E-state index contributed by atoms with van der Waals surface area (Å²) in [6.07, 6.45) is 1.62. The van der Waals surface area contributed by atoms with Crippen molar-refractivity contribution in [2.24, 2.45) is 0 Å². The van der Waals surface area contributed by atoms with Gasteiger partial charge in [0, 0.05) is 11.3 Å². The molecule has 0 aliphatic heterocycles. The van der Waals surface area contributed by atoms with Crippen LogP contribution in [-0.4, -0.2) is 39.6 Å². The molecular formula is C20H15ClN6O3S. The summed E-state index contributed by atoms with van der Waals surface area (Å²) in [6, 6.07) is 15.8. The third-order valence-electron chi connectivity index (χ3n) is 4.31. The summed E-state index contributed by atoms with van der Waals surface area (Å²) < 4.78 is 29.8. The Hall–Kier alpha value is -3.63. The van der Waals surface area contributed by atoms with E-state index in [2.05, 4.69) is 24.8 Å². The zero-order valence-corrected chi connectivity index (χ0v) is 17.7. The van der Waals surface area contributed by atoms with Gasteiger partial charge in [-0.05, 0) is 24.6 Å². The van der Waals surface area contributed by atoms with E-state index in [0.29, 0.717) is 17.7 Å². The van der Waals surface area contributed by atoms with Crippen molar-refractivity contribution in [3.8, 4) is 22.6 Å². The molecular weight excluding hydrogens is 440 g/mol. The van der Waals surface area contributed by atoms with Gasteiger partial charge >= 0.3 is 0 Å². The molecule has 0 aliphatic rings. The lowest BCUT2D eigenvalue weighted by Crippen LogP contribution is -2.18. The van der Waals surface area contributed by atoms with Gasteiger partial charge in [-0.3, -0.25) is 9.52 Å². The van der Waals surface area contributed by atoms with Crippen LogP contribution in [0.4, 0.5) is 5.69 Å². The fourth-order valence-electron chi connectivity index (χ4n) is 2.95. The van der Waals surface area contributed by atoms with E-state index in [1.165, 1.54) is 12.4 Å². The molecule has 0 atom stereocenters. The molecule has 2 aromatic heterocycles. The summed E-state index contributed by atoms with van der Waals surface area (Å²) >= 11 is 6.33. The minimum absolute atomic E-state index is 0.0969. The normalized spacial score (nSPS) is 11.3. The molecule has 0 bridgehead atoms. The minimum atomic E-state index is -4.22. The average molecular weight is 455 g/mol. The van der Waals surface area contributed by atoms with E-state index in [-0.39, 0.29) is 22.2 Å². The number of aryl methyl sites for hydroxylation is 1. The molecule has 31 heavy (non-hydrogen) atoms. The Morgan fingerprint density at radius 1 is 1.06 bits per heavy atom. The number of para-hydroxylation sites is 1. The van der Waals surface area contributed by atoms with Crippen molar-refractivity contribution >= 4 is 33.7 Å². The number of rotatable bonds is 6. The molecule has 0 saturated carbocycles. The van der Waals surface area contributed by atoms with Crippen molar-refractivity contribution in [2.75, 3.05) is 4.72 Å². The lowest BCUT2D eigenvalue weighted by molar-refractivity contribution is 0.541. The third-order valence-corrected chi connectivity index (χ3v) is 5.76. The quantitative estimate of drug-likeness (QED) is 0.351. The maximum absolute atomic E-state index is 13.2. The highest BCUT2D eigenvalue weighted by Crippen LogP contribution is 2.35. The lowest BCUT2D eigenvalue weighted by atomic mass is 10.0. The minimum Gasteiger partial charge on any atom is -0.276 e. The molecule has 0 fully saturated rings. The Bertz CT molecular complexity index is 1370. The first-order valence-corrected chi connectivity index (χ1v) is 10.8. The first kappa shape index (κ1) is 20.6. The van der Waals surface area contributed by atoms with Crippen molar-refractivity contribution in [3.05, 3.63) is 71.6 Å². The first-order valence-electron chi connectivity index (χ1n) is 8.96. The number of nitrogens with one attached hydrogen (secondary N) is 1. The van der Waals surface area contributed by atoms with E-state index < -0.39 is 15.2 Å². The van der Waals surface area contributed by atoms with E-state index in [0.717, 1.165) is 10.2 Å². The highest BCUT2D eigenvalue weighted by molar-refractivity contribution is 7.92. The fourth-order valence-corrected chi connectivity index (χ4v) is 4.29. The average Bonchev–Trinajstić information content (AvgIpc) is 3.24. The van der Waals surface area contributed by atoms with Gasteiger partial charge in [0.15, 0.2) is 5.82 Å². The predicted octanol–water partition coefficient (Wildman–Crippen LogP) is 3.20. The molecule has 0 spiro atoms. The van der Waals surface area contributed by atoms with Crippen molar-refractivity contribution in [2.45, 2.75) is 12.1 Å². The Labute approximate surface area is 182 Å². The van der Waals surface area contributed by atoms with E-state index >= 15 is 0 Å². The van der Waals surface area contributed by atoms with Gasteiger partial charge in [-0.15, -0.1) is 0 Å². The van der Waals surface area contributed by atoms with Crippen molar-refractivity contribution in [3.63, 3.8) is 0 Å². The maximum atomic E-state index is 13.2. The van der Waals surface area contributed by atoms with E-state index in [1.54, 1.807) is 25.1 Å². The number of carbonyl (C=O) groups excluding carboxylic acids is 1. The highest BCUT2D eigenvalue weighted by atomic mass is 35.5. The Morgan fingerprint density at radius 3 is 2.58 bits per heavy atom. The summed E-state index contributed by atoms with van der Waals surface area (Å²) in [5.41, 5.74) is 2.10. The van der Waals surface area contributed by atoms with E-state index in [9.17, 15) is 13.2 Å². The Kier molecular flexibility index (Phi) is 5.49. The molecule has 2 heterocycles. The van der Waals surface area contributed by atoms with Crippen LogP contribution >= 0.6 is 11.6 Å². The van der Waals surface area contributed by atoms with Gasteiger partial charge in [-0.1, -0.05) is 54.1 Å². The molecule has 11 heteroatoms. The number of carbonyl (C=O) groups is 1. The van der Waals surface area contributed by atoms with Crippen LogP contribution in [0.3, 0.4) is 0 Å². The molecule has 2 aromatic carbocycles. The third kappa shape index (κ3) is 4.16. The maximum Gasteiger partial charge on any atom is 0.297 e. The van der Waals surface area contributed by atoms with Gasteiger partial charge in [0.2, 0.25) is 6.41 Å². The lowest BCUT2D eigenvalue weighted by Gasteiger charge is -2.14. The molecule has 0 aliphatic carbocycles. The summed E-state index contributed by atoms with van der Waals surface area (Å²) in [6.45, 7) is 1.61. The van der Waals surface area contributed by atoms with Gasteiger partial charge in [0.25, 0.3) is 15.2 Å². The predicted molar refractivity (Wildman–Crippen MR) is 116 cm³/mol. The fraction of sp³-hybridized carbons (Fsp3) is 0.0500. The standard InChI is InChI=1S/C20H15ClN6O3S/c1-13-10-17(19-22-11-23-27(19)12-28)25-20(24-13)31(29,30)26-18-15(8-5-9-16(18)21)14-6-3-2-4-7-14/h2-12,26H,1H3. The van der Waals surface area contributed by atoms with E-state index in [1.807, 2.05) is 30.3 Å². The van der Waals surface area contributed by atoms with Crippen molar-refractivity contribution < 1.29 is 13.2 Å². The molecule has 4 aromatic rings. The molecule has 0 amide bonds. The molecule has 156 valence electrons. The van der Waals surface area contributed by atoms with Gasteiger partial charge in [-0.25, -0.2) is 15.0 Å². The van der Waals surface area contributed by atoms with Gasteiger partial charge in [0.05, 0.1) is 10.7 Å². The van der Waals surface area contributed by atoms with E-state index in [4.69, 9.17) is 11.6 Å². The van der Waals surface area contributed by atoms with Crippen LogP contribution in [0.25, 0.3) is 22.6 Å². The topological polar surface area (TPSA) is 120 Å². The second-order valence-electron chi connectivity index (χ2n) is 6.44. The smallest absolute Gasteiger partial charge is 0.276 e. The second kappa shape index (κ2) is 8.25. The summed E-state index contributed by atoms with van der Waals surface area (Å²) in [5.74, 6) is 0.0969. The monoisotopic (exact) mass is 454 g/mol. The van der Waals surface area contributed by atoms with Crippen LogP contribution in [-0.2, 0) is 14.8 Å². The molecule has 4 rings (SSSR count). The molecule has 0 saturated heterocycles. The van der Waals surface area contributed by atoms with Crippen LogP contribution in [0.15, 0.2) is 66.1 Å².